The van der Waals surface area contributed by atoms with Gasteiger partial charge in [0.15, 0.2) is 0 Å². The van der Waals surface area contributed by atoms with Crippen LogP contribution in [-0.4, -0.2) is 29.3 Å². The van der Waals surface area contributed by atoms with Crippen LogP contribution in [0.4, 0.5) is 0 Å². The minimum atomic E-state index is -0.125. The molecular formula is C12H24NP. The van der Waals surface area contributed by atoms with Gasteiger partial charge < -0.3 is 4.90 Å². The first-order valence-corrected chi connectivity index (χ1v) is 7.05. The third-order valence-electron chi connectivity index (χ3n) is 2.21. The third-order valence-corrected chi connectivity index (χ3v) is 4.80. The van der Waals surface area contributed by atoms with Gasteiger partial charge in [0.05, 0.1) is 0 Å². The van der Waals surface area contributed by atoms with Gasteiger partial charge >= 0.3 is 0 Å². The van der Waals surface area contributed by atoms with Crippen molar-refractivity contribution in [3.05, 3.63) is 0 Å². The van der Waals surface area contributed by atoms with Crippen molar-refractivity contribution in [1.29, 1.82) is 0 Å². The Bertz CT molecular complexity index is 188. The van der Waals surface area contributed by atoms with Gasteiger partial charge in [0.25, 0.3) is 0 Å². The normalized spacial score (nSPS) is 10.6. The van der Waals surface area contributed by atoms with Crippen molar-refractivity contribution in [2.45, 2.75) is 52.9 Å². The summed E-state index contributed by atoms with van der Waals surface area (Å²) in [6, 6.07) is 3.29. The van der Waals surface area contributed by atoms with Gasteiger partial charge in [-0.15, -0.1) is 0 Å². The highest BCUT2D eigenvalue weighted by Gasteiger charge is 2.13. The van der Waals surface area contributed by atoms with Gasteiger partial charge in [0.2, 0.25) is 0 Å². The molecule has 0 amide bonds. The van der Waals surface area contributed by atoms with Crippen LogP contribution in [0.25, 0.3) is 0 Å². The smallest absolute Gasteiger partial charge is 0.0232 e. The molecule has 0 fully saturated rings. The third kappa shape index (κ3) is 4.87. The van der Waals surface area contributed by atoms with Crippen LogP contribution in [0.15, 0.2) is 0 Å². The molecule has 0 aliphatic rings. The summed E-state index contributed by atoms with van der Waals surface area (Å²) < 4.78 is 0. The quantitative estimate of drug-likeness (QED) is 0.392. The average Bonchev–Trinajstić information content (AvgIpc) is 2.11. The van der Waals surface area contributed by atoms with Crippen molar-refractivity contribution >= 4 is 7.92 Å². The van der Waals surface area contributed by atoms with Crippen LogP contribution >= 0.6 is 7.92 Å². The topological polar surface area (TPSA) is 3.24 Å². The van der Waals surface area contributed by atoms with Crippen LogP contribution in [0.3, 0.4) is 0 Å². The molecule has 82 valence electrons. The van der Waals surface area contributed by atoms with Gasteiger partial charge in [0.1, 0.15) is 0 Å². The monoisotopic (exact) mass is 213 g/mol. The zero-order chi connectivity index (χ0) is 11.1. The molecule has 1 nitrogen and oxygen atoms in total. The Morgan fingerprint density at radius 3 is 1.71 bits per heavy atom. The number of rotatable bonds is 4. The van der Waals surface area contributed by atoms with Gasteiger partial charge in [-0.3, -0.25) is 0 Å². The Labute approximate surface area is 91.0 Å². The fourth-order valence-electron chi connectivity index (χ4n) is 1.36. The predicted molar refractivity (Wildman–Crippen MR) is 67.9 cm³/mol. The van der Waals surface area contributed by atoms with E-state index < -0.39 is 0 Å². The van der Waals surface area contributed by atoms with Gasteiger partial charge in [-0.1, -0.05) is 33.4 Å². The van der Waals surface area contributed by atoms with E-state index in [1.165, 1.54) is 0 Å². The Kier molecular flexibility index (Phi) is 7.02. The molecule has 0 aromatic rings. The van der Waals surface area contributed by atoms with Crippen LogP contribution in [-0.2, 0) is 0 Å². The molecule has 0 rings (SSSR count). The lowest BCUT2D eigenvalue weighted by Crippen LogP contribution is -2.16. The molecule has 0 aromatic carbocycles. The molecule has 0 aromatic heterocycles. The van der Waals surface area contributed by atoms with E-state index >= 15 is 0 Å². The summed E-state index contributed by atoms with van der Waals surface area (Å²) in [5.74, 6) is 0. The van der Waals surface area contributed by atoms with Gasteiger partial charge in [-0.05, 0) is 33.1 Å². The maximum atomic E-state index is 3.46. The molecule has 0 aliphatic heterocycles. The molecule has 0 saturated carbocycles. The lowest BCUT2D eigenvalue weighted by atomic mass is 10.5. The highest BCUT2D eigenvalue weighted by Crippen LogP contribution is 2.44. The fraction of sp³-hybridized carbons (Fsp3) is 0.833. The standard InChI is InChI=1S/C12H24NP/c1-7-13(8-2)9-10-14(11(3)4)12(5)6/h11-12H,7-8H2,1-6H3. The van der Waals surface area contributed by atoms with Crippen LogP contribution in [0.2, 0.25) is 0 Å². The van der Waals surface area contributed by atoms with E-state index in [2.05, 4.69) is 58.1 Å². The number of hydrogen-bond donors (Lipinski definition) is 0. The summed E-state index contributed by atoms with van der Waals surface area (Å²) in [5, 5.41) is 0. The second kappa shape index (κ2) is 7.13. The zero-order valence-electron chi connectivity index (χ0n) is 10.5. The van der Waals surface area contributed by atoms with Crippen molar-refractivity contribution in [3.63, 3.8) is 0 Å². The van der Waals surface area contributed by atoms with Crippen LogP contribution in [0, 0.1) is 11.7 Å². The SMILES string of the molecule is CCN(C#CP(C(C)C)C(C)C)CC. The second-order valence-corrected chi connectivity index (χ2v) is 7.09. The van der Waals surface area contributed by atoms with E-state index in [4.69, 9.17) is 0 Å². The second-order valence-electron chi connectivity index (χ2n) is 3.99. The molecule has 0 radical (unpaired) electrons. The molecule has 2 heteroatoms. The molecule has 14 heavy (non-hydrogen) atoms. The molecular weight excluding hydrogens is 189 g/mol. The van der Waals surface area contributed by atoms with E-state index in [0.717, 1.165) is 13.1 Å². The highest BCUT2D eigenvalue weighted by atomic mass is 31.1. The average molecular weight is 213 g/mol. The summed E-state index contributed by atoms with van der Waals surface area (Å²) in [7, 11) is -0.125. The zero-order valence-corrected chi connectivity index (χ0v) is 11.4. The lowest BCUT2D eigenvalue weighted by Gasteiger charge is -2.20. The lowest BCUT2D eigenvalue weighted by molar-refractivity contribution is 0.444. The van der Waals surface area contributed by atoms with Gasteiger partial charge in [-0.25, -0.2) is 0 Å². The van der Waals surface area contributed by atoms with Crippen LogP contribution in [0.1, 0.15) is 41.5 Å². The minimum absolute atomic E-state index is 0.125. The first-order valence-electron chi connectivity index (χ1n) is 5.57. The first kappa shape index (κ1) is 13.8. The number of hydrogen-bond acceptors (Lipinski definition) is 1. The first-order chi connectivity index (χ1) is 6.52. The fourth-order valence-corrected chi connectivity index (χ4v) is 3.33. The van der Waals surface area contributed by atoms with Crippen LogP contribution in [0.5, 0.6) is 0 Å². The Morgan fingerprint density at radius 2 is 1.43 bits per heavy atom. The van der Waals surface area contributed by atoms with Crippen LogP contribution < -0.4 is 0 Å². The molecule has 0 unspecified atom stereocenters. The van der Waals surface area contributed by atoms with E-state index in [-0.39, 0.29) is 7.92 Å². The van der Waals surface area contributed by atoms with E-state index in [1.54, 1.807) is 0 Å². The Morgan fingerprint density at radius 1 is 1.00 bits per heavy atom. The minimum Gasteiger partial charge on any atom is -0.333 e. The maximum absolute atomic E-state index is 3.46. The van der Waals surface area contributed by atoms with E-state index in [9.17, 15) is 0 Å². The van der Waals surface area contributed by atoms with Crippen molar-refractivity contribution in [2.24, 2.45) is 0 Å². The molecule has 0 bridgehead atoms. The molecule has 0 N–H and O–H groups in total. The predicted octanol–water partition coefficient (Wildman–Crippen LogP) is 3.55. The largest absolute Gasteiger partial charge is 0.333 e. The summed E-state index contributed by atoms with van der Waals surface area (Å²) in [6.45, 7) is 15.5. The maximum Gasteiger partial charge on any atom is 0.0232 e. The molecule has 0 saturated heterocycles. The molecule has 0 atom stereocenters. The Balaban J connectivity index is 4.40. The molecule has 0 heterocycles. The molecule has 0 aliphatic carbocycles. The van der Waals surface area contributed by atoms with Crippen molar-refractivity contribution in [3.8, 4) is 11.7 Å². The Hall–Kier alpha value is -0.210. The van der Waals surface area contributed by atoms with Crippen molar-refractivity contribution < 1.29 is 0 Å². The molecule has 0 spiro atoms. The number of nitrogens with zero attached hydrogens (tertiary/aromatic N) is 1. The summed E-state index contributed by atoms with van der Waals surface area (Å²) >= 11 is 0. The highest BCUT2D eigenvalue weighted by molar-refractivity contribution is 7.64. The van der Waals surface area contributed by atoms with Gasteiger partial charge in [-0.2, -0.15) is 0 Å². The summed E-state index contributed by atoms with van der Waals surface area (Å²) in [4.78, 5) is 2.18. The van der Waals surface area contributed by atoms with E-state index in [1.807, 2.05) is 0 Å². The van der Waals surface area contributed by atoms with E-state index in [0.29, 0.717) is 11.3 Å². The van der Waals surface area contributed by atoms with Crippen molar-refractivity contribution in [1.82, 2.24) is 4.90 Å². The summed E-state index contributed by atoms with van der Waals surface area (Å²) in [5.41, 5.74) is 4.89. The van der Waals surface area contributed by atoms with Gasteiger partial charge in [0, 0.05) is 19.1 Å². The van der Waals surface area contributed by atoms with Crippen molar-refractivity contribution in [2.75, 3.05) is 13.1 Å². The summed E-state index contributed by atoms with van der Waals surface area (Å²) in [6.07, 6.45) is 0.